The van der Waals surface area contributed by atoms with Gasteiger partial charge in [0.25, 0.3) is 0 Å². The molecule has 0 amide bonds. The van der Waals surface area contributed by atoms with Crippen molar-refractivity contribution in [2.24, 2.45) is 10.7 Å². The van der Waals surface area contributed by atoms with Crippen LogP contribution in [0.2, 0.25) is 0 Å². The third-order valence-electron chi connectivity index (χ3n) is 3.13. The molecular weight excluding hydrogens is 264 g/mol. The van der Waals surface area contributed by atoms with Crippen molar-refractivity contribution in [1.29, 1.82) is 0 Å². The molecule has 2 aromatic rings. The molecule has 0 saturated heterocycles. The zero-order valence-corrected chi connectivity index (χ0v) is 13.0. The van der Waals surface area contributed by atoms with Crippen LogP contribution in [0.1, 0.15) is 35.4 Å². The average Bonchev–Trinajstić information content (AvgIpc) is 2.76. The maximum Gasteiger partial charge on any atom is 0.194 e. The number of aliphatic imine (C=N–C) groups is 1. The number of hydrogen-bond donors (Lipinski definition) is 2. The third kappa shape index (κ3) is 4.08. The smallest absolute Gasteiger partial charge is 0.194 e. The van der Waals surface area contributed by atoms with Crippen molar-refractivity contribution in [3.63, 3.8) is 0 Å². The van der Waals surface area contributed by atoms with Gasteiger partial charge in [0.15, 0.2) is 11.9 Å². The standard InChI is InChI=1S/C16H22N4O/c1-5-15-19-12(4)14(21-15)9-18-16(17)20-13-7-10(2)6-11(3)8-13/h6-8H,5,9H2,1-4H3,(H3,17,18,20). The molecule has 21 heavy (non-hydrogen) atoms. The summed E-state index contributed by atoms with van der Waals surface area (Å²) in [7, 11) is 0. The molecule has 0 spiro atoms. The van der Waals surface area contributed by atoms with E-state index < -0.39 is 0 Å². The van der Waals surface area contributed by atoms with Crippen LogP contribution in [0.4, 0.5) is 5.69 Å². The molecule has 1 aromatic carbocycles. The number of hydrogen-bond acceptors (Lipinski definition) is 3. The SMILES string of the molecule is CCc1nc(C)c(CN=C(N)Nc2cc(C)cc(C)c2)o1. The van der Waals surface area contributed by atoms with Gasteiger partial charge in [-0.1, -0.05) is 13.0 Å². The quantitative estimate of drug-likeness (QED) is 0.669. The summed E-state index contributed by atoms with van der Waals surface area (Å²) in [5, 5.41) is 3.10. The largest absolute Gasteiger partial charge is 0.443 e. The highest BCUT2D eigenvalue weighted by molar-refractivity contribution is 5.92. The summed E-state index contributed by atoms with van der Waals surface area (Å²) >= 11 is 0. The molecule has 5 heteroatoms. The van der Waals surface area contributed by atoms with Crippen LogP contribution in [0.25, 0.3) is 0 Å². The number of anilines is 1. The van der Waals surface area contributed by atoms with Gasteiger partial charge in [0.2, 0.25) is 0 Å². The fraction of sp³-hybridized carbons (Fsp3) is 0.375. The van der Waals surface area contributed by atoms with Crippen LogP contribution in [0.3, 0.4) is 0 Å². The summed E-state index contributed by atoms with van der Waals surface area (Å²) in [6.07, 6.45) is 0.779. The molecule has 0 bridgehead atoms. The van der Waals surface area contributed by atoms with Crippen molar-refractivity contribution >= 4 is 11.6 Å². The Morgan fingerprint density at radius 2 is 1.90 bits per heavy atom. The van der Waals surface area contributed by atoms with Crippen molar-refractivity contribution < 1.29 is 4.42 Å². The lowest BCUT2D eigenvalue weighted by molar-refractivity contribution is 0.461. The molecule has 0 aliphatic rings. The van der Waals surface area contributed by atoms with Crippen LogP contribution >= 0.6 is 0 Å². The van der Waals surface area contributed by atoms with Gasteiger partial charge in [-0.3, -0.25) is 0 Å². The highest BCUT2D eigenvalue weighted by Crippen LogP contribution is 2.14. The molecule has 1 aromatic heterocycles. The summed E-state index contributed by atoms with van der Waals surface area (Å²) in [4.78, 5) is 8.62. The van der Waals surface area contributed by atoms with Crippen molar-refractivity contribution in [1.82, 2.24) is 4.98 Å². The van der Waals surface area contributed by atoms with Crippen LogP contribution in [0, 0.1) is 20.8 Å². The minimum absolute atomic E-state index is 0.369. The predicted octanol–water partition coefficient (Wildman–Crippen LogP) is 3.09. The van der Waals surface area contributed by atoms with E-state index in [9.17, 15) is 0 Å². The van der Waals surface area contributed by atoms with E-state index in [-0.39, 0.29) is 0 Å². The van der Waals surface area contributed by atoms with Gasteiger partial charge in [-0.05, 0) is 44.0 Å². The van der Waals surface area contributed by atoms with E-state index >= 15 is 0 Å². The van der Waals surface area contributed by atoms with Crippen LogP contribution in [-0.2, 0) is 13.0 Å². The van der Waals surface area contributed by atoms with Gasteiger partial charge in [-0.25, -0.2) is 9.98 Å². The van der Waals surface area contributed by atoms with E-state index in [0.29, 0.717) is 12.5 Å². The number of rotatable bonds is 4. The van der Waals surface area contributed by atoms with Gasteiger partial charge in [-0.15, -0.1) is 0 Å². The van der Waals surface area contributed by atoms with Crippen molar-refractivity contribution in [2.45, 2.75) is 40.7 Å². The first kappa shape index (κ1) is 15.1. The number of nitrogens with two attached hydrogens (primary N) is 1. The lowest BCUT2D eigenvalue weighted by atomic mass is 10.1. The summed E-state index contributed by atoms with van der Waals surface area (Å²) in [6, 6.07) is 6.18. The van der Waals surface area contributed by atoms with E-state index in [4.69, 9.17) is 10.2 Å². The number of benzene rings is 1. The van der Waals surface area contributed by atoms with Gasteiger partial charge < -0.3 is 15.5 Å². The Balaban J connectivity index is 2.05. The number of nitrogens with zero attached hydrogens (tertiary/aromatic N) is 2. The summed E-state index contributed by atoms with van der Waals surface area (Å²) in [5.41, 5.74) is 10.1. The molecular formula is C16H22N4O. The molecule has 0 unspecified atom stereocenters. The molecule has 112 valence electrons. The average molecular weight is 286 g/mol. The number of aromatic nitrogens is 1. The molecule has 2 rings (SSSR count). The zero-order valence-electron chi connectivity index (χ0n) is 13.0. The first-order valence-corrected chi connectivity index (χ1v) is 7.08. The van der Waals surface area contributed by atoms with Crippen LogP contribution in [0.15, 0.2) is 27.6 Å². The Bertz CT molecular complexity index is 638. The van der Waals surface area contributed by atoms with Crippen molar-refractivity contribution in [3.8, 4) is 0 Å². The molecule has 0 aliphatic carbocycles. The van der Waals surface area contributed by atoms with Gasteiger partial charge in [0.05, 0.1) is 5.69 Å². The summed E-state index contributed by atoms with van der Waals surface area (Å²) in [5.74, 6) is 1.87. The predicted molar refractivity (Wildman–Crippen MR) is 85.5 cm³/mol. The summed E-state index contributed by atoms with van der Waals surface area (Å²) < 4.78 is 5.60. The minimum Gasteiger partial charge on any atom is -0.443 e. The lowest BCUT2D eigenvalue weighted by Crippen LogP contribution is -2.22. The first-order chi connectivity index (χ1) is 9.97. The normalized spacial score (nSPS) is 11.7. The second kappa shape index (κ2) is 6.43. The molecule has 1 heterocycles. The Kier molecular flexibility index (Phi) is 4.62. The van der Waals surface area contributed by atoms with E-state index in [1.54, 1.807) is 0 Å². The molecule has 0 saturated carbocycles. The Morgan fingerprint density at radius 1 is 1.24 bits per heavy atom. The number of nitrogens with one attached hydrogen (secondary N) is 1. The van der Waals surface area contributed by atoms with E-state index in [2.05, 4.69) is 35.2 Å². The zero-order chi connectivity index (χ0) is 15.4. The molecule has 0 fully saturated rings. The fourth-order valence-corrected chi connectivity index (χ4v) is 2.18. The second-order valence-corrected chi connectivity index (χ2v) is 5.17. The number of guanidine groups is 1. The van der Waals surface area contributed by atoms with Crippen LogP contribution < -0.4 is 11.1 Å². The molecule has 0 atom stereocenters. The van der Waals surface area contributed by atoms with Gasteiger partial charge in [0.1, 0.15) is 12.3 Å². The van der Waals surface area contributed by atoms with E-state index in [0.717, 1.165) is 29.5 Å². The number of aryl methyl sites for hydroxylation is 4. The second-order valence-electron chi connectivity index (χ2n) is 5.17. The topological polar surface area (TPSA) is 76.4 Å². The maximum atomic E-state index is 5.92. The first-order valence-electron chi connectivity index (χ1n) is 7.08. The van der Waals surface area contributed by atoms with Gasteiger partial charge >= 0.3 is 0 Å². The number of oxazole rings is 1. The monoisotopic (exact) mass is 286 g/mol. The van der Waals surface area contributed by atoms with Gasteiger partial charge in [0, 0.05) is 12.1 Å². The lowest BCUT2D eigenvalue weighted by Gasteiger charge is -2.07. The maximum absolute atomic E-state index is 5.92. The molecule has 5 nitrogen and oxygen atoms in total. The molecule has 0 aliphatic heterocycles. The summed E-state index contributed by atoms with van der Waals surface area (Å²) in [6.45, 7) is 8.42. The highest BCUT2D eigenvalue weighted by Gasteiger charge is 2.07. The van der Waals surface area contributed by atoms with Gasteiger partial charge in [-0.2, -0.15) is 0 Å². The van der Waals surface area contributed by atoms with Crippen molar-refractivity contribution in [2.75, 3.05) is 5.32 Å². The van der Waals surface area contributed by atoms with Crippen LogP contribution in [0.5, 0.6) is 0 Å². The Labute approximate surface area is 125 Å². The van der Waals surface area contributed by atoms with E-state index in [1.807, 2.05) is 26.0 Å². The van der Waals surface area contributed by atoms with Crippen LogP contribution in [-0.4, -0.2) is 10.9 Å². The van der Waals surface area contributed by atoms with Crippen molar-refractivity contribution in [3.05, 3.63) is 46.7 Å². The highest BCUT2D eigenvalue weighted by atomic mass is 16.4. The molecule has 0 radical (unpaired) electrons. The Hall–Kier alpha value is -2.30. The Morgan fingerprint density at radius 3 is 2.48 bits per heavy atom. The van der Waals surface area contributed by atoms with E-state index in [1.165, 1.54) is 11.1 Å². The third-order valence-corrected chi connectivity index (χ3v) is 3.13. The fourth-order valence-electron chi connectivity index (χ4n) is 2.18. The molecule has 3 N–H and O–H groups in total. The minimum atomic E-state index is 0.369.